The topological polar surface area (TPSA) is 15.3 Å². The van der Waals surface area contributed by atoms with Crippen molar-refractivity contribution >= 4 is 38.9 Å². The van der Waals surface area contributed by atoms with E-state index in [4.69, 9.17) is 11.6 Å². The maximum atomic E-state index is 13.8. The van der Waals surface area contributed by atoms with E-state index in [-0.39, 0.29) is 11.9 Å². The maximum absolute atomic E-state index is 13.8. The minimum absolute atomic E-state index is 0.0524. The van der Waals surface area contributed by atoms with Crippen LogP contribution in [0.1, 0.15) is 16.5 Å². The van der Waals surface area contributed by atoms with Gasteiger partial charge in [0.05, 0.1) is 10.4 Å². The van der Waals surface area contributed by atoms with Gasteiger partial charge in [0.25, 0.3) is 0 Å². The maximum Gasteiger partial charge on any atom is 0.124 e. The second-order valence-electron chi connectivity index (χ2n) is 5.03. The molecular weight excluding hydrogens is 375 g/mol. The van der Waals surface area contributed by atoms with Gasteiger partial charge in [-0.3, -0.25) is 4.90 Å². The highest BCUT2D eigenvalue weighted by molar-refractivity contribution is 9.10. The van der Waals surface area contributed by atoms with Crippen LogP contribution < -0.4 is 5.32 Å². The summed E-state index contributed by atoms with van der Waals surface area (Å²) in [6.45, 7) is 3.78. The van der Waals surface area contributed by atoms with Gasteiger partial charge in [0.2, 0.25) is 0 Å². The third kappa shape index (κ3) is 3.66. The Morgan fingerprint density at radius 2 is 2.00 bits per heavy atom. The van der Waals surface area contributed by atoms with Crippen LogP contribution in [0.5, 0.6) is 0 Å². The van der Waals surface area contributed by atoms with E-state index >= 15 is 0 Å². The lowest BCUT2D eigenvalue weighted by molar-refractivity contribution is 0.200. The zero-order valence-corrected chi connectivity index (χ0v) is 14.4. The molecule has 1 fully saturated rings. The Morgan fingerprint density at radius 1 is 1.24 bits per heavy atom. The average Bonchev–Trinajstić information content (AvgIpc) is 2.85. The van der Waals surface area contributed by atoms with Crippen LogP contribution in [0.2, 0.25) is 4.34 Å². The molecule has 0 amide bonds. The van der Waals surface area contributed by atoms with Crippen molar-refractivity contribution in [2.45, 2.75) is 6.04 Å². The molecule has 1 saturated heterocycles. The predicted octanol–water partition coefficient (Wildman–Crippen LogP) is 4.30. The number of piperazine rings is 1. The predicted molar refractivity (Wildman–Crippen MR) is 89.7 cm³/mol. The fraction of sp³-hybridized carbons (Fsp3) is 0.333. The van der Waals surface area contributed by atoms with Gasteiger partial charge in [-0.1, -0.05) is 27.5 Å². The van der Waals surface area contributed by atoms with E-state index in [0.717, 1.165) is 45.4 Å². The first-order chi connectivity index (χ1) is 10.1. The first kappa shape index (κ1) is 15.4. The van der Waals surface area contributed by atoms with Gasteiger partial charge in [-0.2, -0.15) is 0 Å². The van der Waals surface area contributed by atoms with Gasteiger partial charge in [0.15, 0.2) is 0 Å². The summed E-state index contributed by atoms with van der Waals surface area (Å²) in [5.41, 5.74) is 0.960. The monoisotopic (exact) mass is 388 g/mol. The molecule has 1 N–H and O–H groups in total. The lowest BCUT2D eigenvalue weighted by Crippen LogP contribution is -2.45. The van der Waals surface area contributed by atoms with Crippen LogP contribution >= 0.6 is 38.9 Å². The van der Waals surface area contributed by atoms with E-state index in [1.165, 1.54) is 6.07 Å². The number of nitrogens with zero attached hydrogens (tertiary/aromatic N) is 1. The van der Waals surface area contributed by atoms with Crippen LogP contribution in [-0.2, 0) is 0 Å². The van der Waals surface area contributed by atoms with E-state index in [9.17, 15) is 4.39 Å². The molecule has 0 spiro atoms. The van der Waals surface area contributed by atoms with E-state index in [1.807, 2.05) is 18.2 Å². The summed E-state index contributed by atoms with van der Waals surface area (Å²) in [5.74, 6) is -0.220. The second-order valence-corrected chi connectivity index (χ2v) is 7.70. The summed E-state index contributed by atoms with van der Waals surface area (Å²) in [6, 6.07) is 9.09. The molecule has 112 valence electrons. The van der Waals surface area contributed by atoms with Crippen molar-refractivity contribution in [2.75, 3.05) is 26.2 Å². The first-order valence-corrected chi connectivity index (χ1v) is 8.78. The summed E-state index contributed by atoms with van der Waals surface area (Å²) < 4.78 is 15.3. The lowest BCUT2D eigenvalue weighted by Gasteiger charge is -2.34. The van der Waals surface area contributed by atoms with E-state index in [0.29, 0.717) is 0 Å². The number of hydrogen-bond acceptors (Lipinski definition) is 3. The summed E-state index contributed by atoms with van der Waals surface area (Å²) >= 11 is 11.0. The molecule has 2 aromatic rings. The SMILES string of the molecule is Fc1cc(Br)cc([C@@H](c2ccc(Cl)s2)N2CCNCC2)c1. The number of halogens is 3. The van der Waals surface area contributed by atoms with Gasteiger partial charge in [0.1, 0.15) is 5.82 Å². The molecule has 0 aliphatic carbocycles. The highest BCUT2D eigenvalue weighted by Crippen LogP contribution is 2.36. The van der Waals surface area contributed by atoms with Crippen LogP contribution in [0.4, 0.5) is 4.39 Å². The third-order valence-corrected chi connectivity index (χ3v) is 5.32. The van der Waals surface area contributed by atoms with Crippen molar-refractivity contribution < 1.29 is 4.39 Å². The molecule has 0 saturated carbocycles. The van der Waals surface area contributed by atoms with Crippen LogP contribution in [0, 0.1) is 5.82 Å². The highest BCUT2D eigenvalue weighted by Gasteiger charge is 2.25. The average molecular weight is 390 g/mol. The van der Waals surface area contributed by atoms with Gasteiger partial charge in [-0.15, -0.1) is 11.3 Å². The molecule has 21 heavy (non-hydrogen) atoms. The van der Waals surface area contributed by atoms with Crippen molar-refractivity contribution in [3.8, 4) is 0 Å². The molecule has 6 heteroatoms. The molecule has 2 nitrogen and oxygen atoms in total. The Balaban J connectivity index is 2.02. The molecule has 0 radical (unpaired) electrons. The van der Waals surface area contributed by atoms with Crippen LogP contribution in [0.3, 0.4) is 0 Å². The summed E-state index contributed by atoms with van der Waals surface area (Å²) in [5, 5.41) is 3.35. The zero-order valence-electron chi connectivity index (χ0n) is 11.3. The number of nitrogens with one attached hydrogen (secondary N) is 1. The van der Waals surface area contributed by atoms with E-state index in [2.05, 4.69) is 26.1 Å². The fourth-order valence-corrected chi connectivity index (χ4v) is 4.41. The number of thiophene rings is 1. The molecule has 1 aliphatic rings. The summed E-state index contributed by atoms with van der Waals surface area (Å²) in [6.07, 6.45) is 0. The van der Waals surface area contributed by atoms with Gasteiger partial charge in [0, 0.05) is 35.5 Å². The normalized spacial score (nSPS) is 17.9. The third-order valence-electron chi connectivity index (χ3n) is 3.58. The molecule has 1 atom stereocenters. The molecule has 0 unspecified atom stereocenters. The largest absolute Gasteiger partial charge is 0.314 e. The van der Waals surface area contributed by atoms with Crippen molar-refractivity contribution in [3.05, 3.63) is 55.4 Å². The van der Waals surface area contributed by atoms with Crippen LogP contribution in [0.25, 0.3) is 0 Å². The smallest absolute Gasteiger partial charge is 0.124 e. The van der Waals surface area contributed by atoms with Gasteiger partial charge in [-0.25, -0.2) is 4.39 Å². The summed E-state index contributed by atoms with van der Waals surface area (Å²) in [7, 11) is 0. The Labute approximate surface area is 141 Å². The molecule has 1 aromatic carbocycles. The molecule has 3 rings (SSSR count). The number of rotatable bonds is 3. The molecule has 1 aromatic heterocycles. The van der Waals surface area contributed by atoms with Crippen molar-refractivity contribution in [3.63, 3.8) is 0 Å². The van der Waals surface area contributed by atoms with Crippen molar-refractivity contribution in [2.24, 2.45) is 0 Å². The van der Waals surface area contributed by atoms with Crippen LogP contribution in [-0.4, -0.2) is 31.1 Å². The Bertz CT molecular complexity index is 608. The lowest BCUT2D eigenvalue weighted by atomic mass is 10.0. The van der Waals surface area contributed by atoms with Crippen molar-refractivity contribution in [1.82, 2.24) is 10.2 Å². The molecule has 1 aliphatic heterocycles. The minimum atomic E-state index is -0.220. The van der Waals surface area contributed by atoms with E-state index < -0.39 is 0 Å². The molecular formula is C15H15BrClFN2S. The Kier molecular flexibility index (Phi) is 4.96. The van der Waals surface area contributed by atoms with Gasteiger partial charge in [-0.05, 0) is 35.9 Å². The Morgan fingerprint density at radius 3 is 2.62 bits per heavy atom. The highest BCUT2D eigenvalue weighted by atomic mass is 79.9. The molecule has 2 heterocycles. The fourth-order valence-electron chi connectivity index (χ4n) is 2.70. The zero-order chi connectivity index (χ0) is 14.8. The Hall–Kier alpha value is -0.460. The van der Waals surface area contributed by atoms with Crippen LogP contribution in [0.15, 0.2) is 34.8 Å². The summed E-state index contributed by atoms with van der Waals surface area (Å²) in [4.78, 5) is 3.53. The van der Waals surface area contributed by atoms with Gasteiger partial charge < -0.3 is 5.32 Å². The van der Waals surface area contributed by atoms with E-state index in [1.54, 1.807) is 17.4 Å². The second kappa shape index (κ2) is 6.75. The quantitative estimate of drug-likeness (QED) is 0.842. The van der Waals surface area contributed by atoms with Gasteiger partial charge >= 0.3 is 0 Å². The molecule has 0 bridgehead atoms. The standard InChI is InChI=1S/C15H15BrClFN2S/c16-11-7-10(8-12(18)9-11)15(13-1-2-14(17)21-13)20-5-3-19-4-6-20/h1-2,7-9,15,19H,3-6H2/t15-/m0/s1. The van der Waals surface area contributed by atoms with Crippen molar-refractivity contribution in [1.29, 1.82) is 0 Å². The number of hydrogen-bond donors (Lipinski definition) is 1. The number of benzene rings is 1. The minimum Gasteiger partial charge on any atom is -0.314 e. The first-order valence-electron chi connectivity index (χ1n) is 6.79.